The van der Waals surface area contributed by atoms with Gasteiger partial charge in [-0.25, -0.2) is 9.59 Å². The highest BCUT2D eigenvalue weighted by Gasteiger charge is 2.68. The molecule has 0 bridgehead atoms. The minimum atomic E-state index is -1.55. The number of rotatable bonds is 14. The van der Waals surface area contributed by atoms with Crippen molar-refractivity contribution in [3.8, 4) is 11.5 Å². The first kappa shape index (κ1) is 41.6. The van der Waals surface area contributed by atoms with Gasteiger partial charge >= 0.3 is 30.0 Å². The van der Waals surface area contributed by atoms with Crippen LogP contribution < -0.4 is 9.47 Å². The minimum Gasteiger partial charge on any atom is -0.477 e. The van der Waals surface area contributed by atoms with Crippen LogP contribution in [0.2, 0.25) is 0 Å². The molecule has 1 N–H and O–H groups in total. The molecule has 0 saturated carbocycles. The number of ether oxygens (including phenoxy) is 7. The van der Waals surface area contributed by atoms with Crippen LogP contribution in [0.5, 0.6) is 11.5 Å². The molecule has 14 heteroatoms. The van der Waals surface area contributed by atoms with Crippen molar-refractivity contribution in [3.05, 3.63) is 35.1 Å². The number of unbranched alkanes of at least 4 members (excludes halogenated alkanes) is 1. The fourth-order valence-corrected chi connectivity index (χ4v) is 7.05. The summed E-state index contributed by atoms with van der Waals surface area (Å²) in [6.07, 6.45) is -1.36. The Hall–Kier alpha value is -4.17. The highest BCUT2D eigenvalue weighted by Crippen LogP contribution is 2.62. The average molecular weight is 746 g/mol. The second-order valence-corrected chi connectivity index (χ2v) is 16.0. The summed E-state index contributed by atoms with van der Waals surface area (Å²) < 4.78 is 39.1. The van der Waals surface area contributed by atoms with Crippen LogP contribution in [0.25, 0.3) is 0 Å². The fraction of sp³-hybridized carbons (Fsp3) is 0.667. The number of likely N-dealkylation sites (N-methyl/N-ethyl adjacent to an activating group) is 1. The Morgan fingerprint density at radius 1 is 0.962 bits per heavy atom. The maximum absolute atomic E-state index is 13.3. The van der Waals surface area contributed by atoms with Gasteiger partial charge in [-0.05, 0) is 92.6 Å². The molecule has 53 heavy (non-hydrogen) atoms. The van der Waals surface area contributed by atoms with Crippen molar-refractivity contribution in [1.29, 1.82) is 0 Å². The number of nitrogens with zero attached hydrogens (tertiary/aromatic N) is 1. The molecule has 0 amide bonds. The SMILES string of the molecule is CCCCOC(=O)[C@@H](CC(=O)OC(C)(C)C)OC(=O)CCC(=O)OC1=CC[C@@]2(O)[C@H](N(C)CC)Cc3ccc(OC(=O)OC(C)(C)C)c4c3[C@@]2(C)[C@H]1O4. The minimum absolute atomic E-state index is 0.0892. The van der Waals surface area contributed by atoms with Crippen LogP contribution in [0.1, 0.15) is 112 Å². The zero-order valence-electron chi connectivity index (χ0n) is 32.6. The van der Waals surface area contributed by atoms with Gasteiger partial charge in [-0.3, -0.25) is 14.4 Å². The van der Waals surface area contributed by atoms with Crippen molar-refractivity contribution >= 4 is 30.0 Å². The summed E-state index contributed by atoms with van der Waals surface area (Å²) in [5, 5.41) is 12.6. The van der Waals surface area contributed by atoms with Gasteiger partial charge < -0.3 is 43.2 Å². The Morgan fingerprint density at radius 3 is 2.25 bits per heavy atom. The second-order valence-electron chi connectivity index (χ2n) is 16.0. The third-order valence-corrected chi connectivity index (χ3v) is 9.65. The summed E-state index contributed by atoms with van der Waals surface area (Å²) in [5.41, 5.74) is -2.61. The molecule has 3 aliphatic rings. The molecule has 294 valence electrons. The Balaban J connectivity index is 1.52. The van der Waals surface area contributed by atoms with Crippen molar-refractivity contribution in [1.82, 2.24) is 4.90 Å². The molecule has 1 aliphatic heterocycles. The van der Waals surface area contributed by atoms with E-state index >= 15 is 0 Å². The van der Waals surface area contributed by atoms with Gasteiger partial charge in [0.1, 0.15) is 17.0 Å². The number of carbonyl (C=O) groups is 5. The first-order valence-corrected chi connectivity index (χ1v) is 18.3. The van der Waals surface area contributed by atoms with Gasteiger partial charge in [0.05, 0.1) is 36.9 Å². The molecule has 2 aliphatic carbocycles. The lowest BCUT2D eigenvalue weighted by molar-refractivity contribution is -0.175. The van der Waals surface area contributed by atoms with E-state index < -0.39 is 83.7 Å². The fourth-order valence-electron chi connectivity index (χ4n) is 7.05. The van der Waals surface area contributed by atoms with Gasteiger partial charge in [-0.2, -0.15) is 0 Å². The molecule has 0 fully saturated rings. The average Bonchev–Trinajstić information content (AvgIpc) is 3.38. The number of carbonyl (C=O) groups excluding carboxylic acids is 5. The third kappa shape index (κ3) is 9.32. The van der Waals surface area contributed by atoms with E-state index in [2.05, 4.69) is 4.90 Å². The molecule has 1 heterocycles. The standard InChI is InChI=1S/C39H55NO13/c1-11-13-20-47-34(44)26(22-30(43)52-36(3,4)5)49-29(42)17-16-28(41)48-25-18-19-39(46)27(40(10)12-2)21-23-14-15-24(50-35(45)53-37(6,7)8)32-31(23)38(39,9)33(25)51-32/h14-15,18,26-27,33,46H,11-13,16-17,19-22H2,1-10H3/t26-,27-,33+,38+,39-/m1/s1. The third-order valence-electron chi connectivity index (χ3n) is 9.65. The summed E-state index contributed by atoms with van der Waals surface area (Å²) in [5.74, 6) is -2.89. The van der Waals surface area contributed by atoms with Crippen LogP contribution in [0, 0.1) is 0 Å². The van der Waals surface area contributed by atoms with Crippen molar-refractivity contribution in [3.63, 3.8) is 0 Å². The number of benzene rings is 1. The smallest absolute Gasteiger partial charge is 0.477 e. The van der Waals surface area contributed by atoms with Gasteiger partial charge in [0, 0.05) is 18.0 Å². The van der Waals surface area contributed by atoms with Gasteiger partial charge in [0.15, 0.2) is 17.6 Å². The monoisotopic (exact) mass is 745 g/mol. The quantitative estimate of drug-likeness (QED) is 0.114. The lowest BCUT2D eigenvalue weighted by atomic mass is 9.54. The molecule has 0 radical (unpaired) electrons. The molecule has 14 nitrogen and oxygen atoms in total. The van der Waals surface area contributed by atoms with E-state index in [1.54, 1.807) is 53.7 Å². The van der Waals surface area contributed by atoms with E-state index in [1.807, 2.05) is 33.9 Å². The second kappa shape index (κ2) is 16.1. The number of esters is 4. The Morgan fingerprint density at radius 2 is 1.62 bits per heavy atom. The van der Waals surface area contributed by atoms with Gasteiger partial charge in [0.2, 0.25) is 6.10 Å². The van der Waals surface area contributed by atoms with E-state index in [-0.39, 0.29) is 36.3 Å². The first-order chi connectivity index (χ1) is 24.6. The number of hydrogen-bond donors (Lipinski definition) is 1. The van der Waals surface area contributed by atoms with Gasteiger partial charge in [0.25, 0.3) is 0 Å². The summed E-state index contributed by atoms with van der Waals surface area (Å²) in [6.45, 7) is 16.7. The molecule has 0 spiro atoms. The Labute approximate surface area is 311 Å². The molecule has 1 aromatic rings. The lowest BCUT2D eigenvalue weighted by Gasteiger charge is -2.56. The highest BCUT2D eigenvalue weighted by atomic mass is 16.7. The van der Waals surface area contributed by atoms with Gasteiger partial charge in [-0.1, -0.05) is 26.3 Å². The predicted molar refractivity (Wildman–Crippen MR) is 190 cm³/mol. The molecule has 0 aromatic heterocycles. The van der Waals surface area contributed by atoms with Crippen molar-refractivity contribution in [2.24, 2.45) is 0 Å². The van der Waals surface area contributed by atoms with Crippen LogP contribution in [-0.4, -0.2) is 95.3 Å². The van der Waals surface area contributed by atoms with Crippen LogP contribution in [0.15, 0.2) is 24.0 Å². The summed E-state index contributed by atoms with van der Waals surface area (Å²) in [6, 6.07) is 3.14. The Kier molecular flexibility index (Phi) is 12.6. The van der Waals surface area contributed by atoms with E-state index in [1.165, 1.54) is 0 Å². The summed E-state index contributed by atoms with van der Waals surface area (Å²) >= 11 is 0. The lowest BCUT2D eigenvalue weighted by Crippen LogP contribution is -2.69. The normalized spacial score (nSPS) is 23.5. The van der Waals surface area contributed by atoms with E-state index in [0.717, 1.165) is 12.0 Å². The van der Waals surface area contributed by atoms with Crippen LogP contribution in [0.3, 0.4) is 0 Å². The predicted octanol–water partition coefficient (Wildman–Crippen LogP) is 5.22. The van der Waals surface area contributed by atoms with Crippen LogP contribution >= 0.6 is 0 Å². The topological polar surface area (TPSA) is 173 Å². The van der Waals surface area contributed by atoms with Crippen molar-refractivity contribution in [2.75, 3.05) is 20.2 Å². The van der Waals surface area contributed by atoms with E-state index in [4.69, 9.17) is 33.2 Å². The summed E-state index contributed by atoms with van der Waals surface area (Å²) in [7, 11) is 1.93. The zero-order valence-corrected chi connectivity index (χ0v) is 32.6. The maximum Gasteiger partial charge on any atom is 0.514 e. The first-order valence-electron chi connectivity index (χ1n) is 18.3. The van der Waals surface area contributed by atoms with Crippen LogP contribution in [0.4, 0.5) is 4.79 Å². The van der Waals surface area contributed by atoms with Gasteiger partial charge in [-0.15, -0.1) is 0 Å². The number of aliphatic hydroxyl groups is 1. The molecular weight excluding hydrogens is 690 g/mol. The molecule has 5 atom stereocenters. The van der Waals surface area contributed by atoms with Crippen molar-refractivity contribution in [2.45, 2.75) is 148 Å². The van der Waals surface area contributed by atoms with Crippen molar-refractivity contribution < 1.29 is 62.2 Å². The molecule has 0 unspecified atom stereocenters. The van der Waals surface area contributed by atoms with Crippen LogP contribution in [-0.2, 0) is 54.7 Å². The summed E-state index contributed by atoms with van der Waals surface area (Å²) in [4.78, 5) is 66.1. The molecule has 4 rings (SSSR count). The van der Waals surface area contributed by atoms with E-state index in [0.29, 0.717) is 24.9 Å². The zero-order chi connectivity index (χ0) is 39.5. The highest BCUT2D eigenvalue weighted by molar-refractivity contribution is 5.85. The largest absolute Gasteiger partial charge is 0.514 e. The molecule has 1 aromatic carbocycles. The van der Waals surface area contributed by atoms with E-state index in [9.17, 15) is 29.1 Å². The molecule has 0 saturated heterocycles. The molecular formula is C39H55NO13. The maximum atomic E-state index is 13.3. The number of hydrogen-bond acceptors (Lipinski definition) is 14. The Bertz CT molecular complexity index is 1600.